The van der Waals surface area contributed by atoms with Gasteiger partial charge in [-0.05, 0) is 24.3 Å². The van der Waals surface area contributed by atoms with E-state index in [1.807, 2.05) is 6.92 Å². The first-order valence-corrected chi connectivity index (χ1v) is 7.10. The summed E-state index contributed by atoms with van der Waals surface area (Å²) in [4.78, 5) is 10.5. The van der Waals surface area contributed by atoms with Crippen LogP contribution in [0.5, 0.6) is 5.75 Å². The predicted octanol–water partition coefficient (Wildman–Crippen LogP) is 4.09. The molecule has 0 radical (unpaired) electrons. The summed E-state index contributed by atoms with van der Waals surface area (Å²) in [5.74, 6) is 1.46. The van der Waals surface area contributed by atoms with E-state index in [0.717, 1.165) is 18.7 Å². The van der Waals surface area contributed by atoms with Gasteiger partial charge in [0.25, 0.3) is 0 Å². The third kappa shape index (κ3) is 4.72. The van der Waals surface area contributed by atoms with Crippen molar-refractivity contribution in [1.29, 1.82) is 0 Å². The number of nitrogens with zero attached hydrogens (tertiary/aromatic N) is 1. The fourth-order valence-corrected chi connectivity index (χ4v) is 1.62. The van der Waals surface area contributed by atoms with Crippen molar-refractivity contribution in [3.63, 3.8) is 0 Å². The Morgan fingerprint density at radius 1 is 1.35 bits per heavy atom. The zero-order valence-electron chi connectivity index (χ0n) is 12.7. The van der Waals surface area contributed by atoms with Gasteiger partial charge >= 0.3 is 5.69 Å². The topological polar surface area (TPSA) is 64.4 Å². The highest BCUT2D eigenvalue weighted by atomic mass is 16.6. The molecule has 0 spiro atoms. The van der Waals surface area contributed by atoms with Crippen LogP contribution < -0.4 is 10.1 Å². The molecule has 1 N–H and O–H groups in total. The van der Waals surface area contributed by atoms with Crippen molar-refractivity contribution in [3.05, 3.63) is 28.3 Å². The molecule has 5 heteroatoms. The van der Waals surface area contributed by atoms with Crippen LogP contribution in [0.1, 0.15) is 34.1 Å². The maximum atomic E-state index is 11.0. The second-order valence-corrected chi connectivity index (χ2v) is 5.39. The summed E-state index contributed by atoms with van der Waals surface area (Å²) in [6.45, 7) is 9.82. The van der Waals surface area contributed by atoms with Crippen molar-refractivity contribution in [2.45, 2.75) is 34.1 Å². The normalized spacial score (nSPS) is 12.2. The molecule has 0 saturated carbocycles. The Morgan fingerprint density at radius 3 is 2.60 bits per heavy atom. The van der Waals surface area contributed by atoms with Crippen molar-refractivity contribution in [2.24, 2.45) is 11.8 Å². The fourth-order valence-electron chi connectivity index (χ4n) is 1.62. The van der Waals surface area contributed by atoms with Crippen molar-refractivity contribution >= 4 is 11.4 Å². The van der Waals surface area contributed by atoms with Crippen LogP contribution in [0.3, 0.4) is 0 Å². The van der Waals surface area contributed by atoms with E-state index >= 15 is 0 Å². The second kappa shape index (κ2) is 7.72. The van der Waals surface area contributed by atoms with Gasteiger partial charge in [0.2, 0.25) is 0 Å². The molecule has 1 aromatic carbocycles. The molecule has 1 aromatic rings. The van der Waals surface area contributed by atoms with E-state index in [2.05, 4.69) is 26.1 Å². The number of ether oxygens (including phenoxy) is 1. The number of nitro groups is 1. The minimum absolute atomic E-state index is 0.0147. The smallest absolute Gasteiger partial charge is 0.311 e. The number of hydrogen-bond donors (Lipinski definition) is 1. The highest BCUT2D eigenvalue weighted by molar-refractivity contribution is 5.58. The van der Waals surface area contributed by atoms with Gasteiger partial charge in [-0.3, -0.25) is 10.1 Å². The quantitative estimate of drug-likeness (QED) is 0.575. The van der Waals surface area contributed by atoms with Gasteiger partial charge < -0.3 is 10.1 Å². The highest BCUT2D eigenvalue weighted by Crippen LogP contribution is 2.30. The van der Waals surface area contributed by atoms with E-state index in [9.17, 15) is 10.1 Å². The van der Waals surface area contributed by atoms with Gasteiger partial charge in [-0.1, -0.05) is 27.7 Å². The predicted molar refractivity (Wildman–Crippen MR) is 81.4 cm³/mol. The molecule has 0 heterocycles. The van der Waals surface area contributed by atoms with Crippen LogP contribution in [0.15, 0.2) is 18.2 Å². The zero-order chi connectivity index (χ0) is 15.1. The molecule has 0 saturated heterocycles. The van der Waals surface area contributed by atoms with Gasteiger partial charge in [0.05, 0.1) is 11.5 Å². The summed E-state index contributed by atoms with van der Waals surface area (Å²) < 4.78 is 5.46. The van der Waals surface area contributed by atoms with Crippen molar-refractivity contribution in [2.75, 3.05) is 18.5 Å². The lowest BCUT2D eigenvalue weighted by molar-refractivity contribution is -0.385. The summed E-state index contributed by atoms with van der Waals surface area (Å²) in [5, 5.41) is 14.3. The van der Waals surface area contributed by atoms with Gasteiger partial charge in [-0.25, -0.2) is 0 Å². The van der Waals surface area contributed by atoms with Gasteiger partial charge in [0.15, 0.2) is 5.75 Å². The van der Waals surface area contributed by atoms with Gasteiger partial charge in [-0.15, -0.1) is 0 Å². The molecular weight excluding hydrogens is 256 g/mol. The van der Waals surface area contributed by atoms with Crippen LogP contribution in [0.25, 0.3) is 0 Å². The van der Waals surface area contributed by atoms with Crippen LogP contribution >= 0.6 is 0 Å². The monoisotopic (exact) mass is 280 g/mol. The van der Waals surface area contributed by atoms with E-state index in [1.54, 1.807) is 12.1 Å². The third-order valence-electron chi connectivity index (χ3n) is 3.38. The molecule has 0 aliphatic heterocycles. The first-order chi connectivity index (χ1) is 9.45. The lowest BCUT2D eigenvalue weighted by Crippen LogP contribution is -2.16. The number of hydrogen-bond acceptors (Lipinski definition) is 4. The average molecular weight is 280 g/mol. The number of rotatable bonds is 8. The molecule has 0 aliphatic rings. The molecule has 5 nitrogen and oxygen atoms in total. The number of benzene rings is 1. The Bertz CT molecular complexity index is 447. The molecular formula is C15H24N2O3. The molecule has 1 unspecified atom stereocenters. The van der Waals surface area contributed by atoms with E-state index < -0.39 is 4.92 Å². The molecule has 0 amide bonds. The maximum Gasteiger partial charge on any atom is 0.311 e. The van der Waals surface area contributed by atoms with Gasteiger partial charge in [0, 0.05) is 24.4 Å². The second-order valence-electron chi connectivity index (χ2n) is 5.39. The molecule has 0 aliphatic carbocycles. The largest absolute Gasteiger partial charge is 0.487 e. The Morgan fingerprint density at radius 2 is 2.05 bits per heavy atom. The van der Waals surface area contributed by atoms with Gasteiger partial charge in [0.1, 0.15) is 0 Å². The first-order valence-electron chi connectivity index (χ1n) is 7.10. The molecule has 0 fully saturated rings. The van der Waals surface area contributed by atoms with Crippen LogP contribution in [-0.2, 0) is 0 Å². The Labute approximate surface area is 120 Å². The molecule has 0 aromatic heterocycles. The molecule has 1 atom stereocenters. The summed E-state index contributed by atoms with van der Waals surface area (Å²) in [7, 11) is 0. The average Bonchev–Trinajstić information content (AvgIpc) is 2.42. The summed E-state index contributed by atoms with van der Waals surface area (Å²) in [6, 6.07) is 4.93. The van der Waals surface area contributed by atoms with Crippen molar-refractivity contribution in [3.8, 4) is 5.75 Å². The van der Waals surface area contributed by atoms with Crippen molar-refractivity contribution < 1.29 is 9.66 Å². The SMILES string of the molecule is CCCOc1cc(NCC(C)C(C)C)ccc1[N+](=O)[O-]. The van der Waals surface area contributed by atoms with Crippen LogP contribution in [-0.4, -0.2) is 18.1 Å². The summed E-state index contributed by atoms with van der Waals surface area (Å²) >= 11 is 0. The van der Waals surface area contributed by atoms with Crippen LogP contribution in [0.2, 0.25) is 0 Å². The lowest BCUT2D eigenvalue weighted by atomic mass is 9.98. The lowest BCUT2D eigenvalue weighted by Gasteiger charge is -2.17. The standard InChI is InChI=1S/C15H24N2O3/c1-5-8-20-15-9-13(6-7-14(15)17(18)19)16-10-12(4)11(2)3/h6-7,9,11-12,16H,5,8,10H2,1-4H3. The number of nitro benzene ring substituents is 1. The molecule has 1 rings (SSSR count). The Balaban J connectivity index is 2.80. The van der Waals surface area contributed by atoms with Crippen molar-refractivity contribution in [1.82, 2.24) is 0 Å². The Kier molecular flexibility index (Phi) is 6.28. The van der Waals surface area contributed by atoms with E-state index in [1.165, 1.54) is 6.07 Å². The summed E-state index contributed by atoms with van der Waals surface area (Å²) in [5.41, 5.74) is 0.870. The zero-order valence-corrected chi connectivity index (χ0v) is 12.7. The van der Waals surface area contributed by atoms with E-state index in [0.29, 0.717) is 24.2 Å². The Hall–Kier alpha value is -1.78. The molecule has 0 bridgehead atoms. The molecule has 112 valence electrons. The summed E-state index contributed by atoms with van der Waals surface area (Å²) in [6.07, 6.45) is 0.819. The molecule has 20 heavy (non-hydrogen) atoms. The van der Waals surface area contributed by atoms with Crippen LogP contribution in [0, 0.1) is 22.0 Å². The number of nitrogens with one attached hydrogen (secondary N) is 1. The van der Waals surface area contributed by atoms with Crippen LogP contribution in [0.4, 0.5) is 11.4 Å². The highest BCUT2D eigenvalue weighted by Gasteiger charge is 2.16. The number of anilines is 1. The minimum atomic E-state index is -0.411. The fraction of sp³-hybridized carbons (Fsp3) is 0.600. The van der Waals surface area contributed by atoms with E-state index in [-0.39, 0.29) is 5.69 Å². The minimum Gasteiger partial charge on any atom is -0.487 e. The third-order valence-corrected chi connectivity index (χ3v) is 3.38. The van der Waals surface area contributed by atoms with E-state index in [4.69, 9.17) is 4.74 Å². The van der Waals surface area contributed by atoms with Gasteiger partial charge in [-0.2, -0.15) is 0 Å². The first kappa shape index (κ1) is 16.3. The maximum absolute atomic E-state index is 11.0.